The number of rotatable bonds is 3. The molecule has 0 atom stereocenters. The van der Waals surface area contributed by atoms with Crippen LogP contribution >= 0.6 is 0 Å². The van der Waals surface area contributed by atoms with Crippen molar-refractivity contribution >= 4 is 0 Å². The van der Waals surface area contributed by atoms with E-state index < -0.39 is 0 Å². The number of hydrogen-bond donors (Lipinski definition) is 0. The van der Waals surface area contributed by atoms with Crippen molar-refractivity contribution in [1.29, 1.82) is 0 Å². The lowest BCUT2D eigenvalue weighted by molar-refractivity contribution is 0.457. The highest BCUT2D eigenvalue weighted by Gasteiger charge is 2.74. The Balaban J connectivity index is 1.92. The molecule has 0 spiro atoms. The summed E-state index contributed by atoms with van der Waals surface area (Å²) in [7, 11) is 0. The predicted molar refractivity (Wildman–Crippen MR) is 87.9 cm³/mol. The zero-order chi connectivity index (χ0) is 15.3. The molecule has 0 heterocycles. The van der Waals surface area contributed by atoms with Gasteiger partial charge in [-0.15, -0.1) is 0 Å². The van der Waals surface area contributed by atoms with Crippen LogP contribution in [-0.2, 0) is 5.41 Å². The van der Waals surface area contributed by atoms with Gasteiger partial charge in [0.2, 0.25) is 0 Å². The molecule has 0 N–H and O–H groups in total. The van der Waals surface area contributed by atoms with E-state index in [0.717, 1.165) is 11.5 Å². The highest BCUT2D eigenvalue weighted by molar-refractivity contribution is 5.46. The molecule has 3 rings (SSSR count). The Morgan fingerprint density at radius 2 is 1.24 bits per heavy atom. The van der Waals surface area contributed by atoms with Crippen LogP contribution in [0, 0.1) is 10.8 Å². The van der Waals surface area contributed by atoms with Gasteiger partial charge in [-0.2, -0.15) is 0 Å². The maximum atomic E-state index is 5.98. The van der Waals surface area contributed by atoms with Crippen LogP contribution in [0.4, 0.5) is 0 Å². The Bertz CT molecular complexity index is 639. The Morgan fingerprint density at radius 3 is 1.81 bits per heavy atom. The summed E-state index contributed by atoms with van der Waals surface area (Å²) in [5.74, 6) is 1.80. The zero-order valence-corrected chi connectivity index (χ0v) is 13.6. The first-order valence-electron chi connectivity index (χ1n) is 7.64. The molecule has 2 aromatic rings. The van der Waals surface area contributed by atoms with Gasteiger partial charge in [0.05, 0.1) is 0 Å². The van der Waals surface area contributed by atoms with Crippen LogP contribution in [0.1, 0.15) is 40.2 Å². The number of benzene rings is 2. The standard InChI is InChI=1S/C20H24O/c1-18(2)19(3,4)20(18,5)15-10-9-13-17(14-15)21-16-11-7-6-8-12-16/h6-14H,1-5H3. The van der Waals surface area contributed by atoms with E-state index in [1.165, 1.54) is 5.56 Å². The summed E-state index contributed by atoms with van der Waals surface area (Å²) < 4.78 is 5.98. The predicted octanol–water partition coefficient (Wildman–Crippen LogP) is 5.80. The molecular formula is C20H24O. The van der Waals surface area contributed by atoms with E-state index in [9.17, 15) is 0 Å². The Hall–Kier alpha value is -1.76. The largest absolute Gasteiger partial charge is 0.457 e. The van der Waals surface area contributed by atoms with E-state index in [2.05, 4.69) is 52.8 Å². The SMILES string of the molecule is CC1(C)C(C)(C)C1(C)c1cccc(Oc2ccccc2)c1. The molecule has 21 heavy (non-hydrogen) atoms. The minimum atomic E-state index is 0.191. The molecule has 0 amide bonds. The van der Waals surface area contributed by atoms with Crippen molar-refractivity contribution in [3.8, 4) is 11.5 Å². The van der Waals surface area contributed by atoms with Gasteiger partial charge in [-0.25, -0.2) is 0 Å². The number of para-hydroxylation sites is 1. The van der Waals surface area contributed by atoms with E-state index in [1.807, 2.05) is 36.4 Å². The molecule has 1 saturated carbocycles. The van der Waals surface area contributed by atoms with Crippen molar-refractivity contribution in [2.75, 3.05) is 0 Å². The number of ether oxygens (including phenoxy) is 1. The summed E-state index contributed by atoms with van der Waals surface area (Å²) >= 11 is 0. The molecule has 2 aromatic carbocycles. The molecular weight excluding hydrogens is 256 g/mol. The monoisotopic (exact) mass is 280 g/mol. The molecule has 0 saturated heterocycles. The Morgan fingerprint density at radius 1 is 0.667 bits per heavy atom. The molecule has 0 unspecified atom stereocenters. The van der Waals surface area contributed by atoms with E-state index in [-0.39, 0.29) is 5.41 Å². The normalized spacial score (nSPS) is 20.8. The van der Waals surface area contributed by atoms with Crippen LogP contribution in [0.3, 0.4) is 0 Å². The minimum absolute atomic E-state index is 0.191. The molecule has 110 valence electrons. The number of hydrogen-bond acceptors (Lipinski definition) is 1. The van der Waals surface area contributed by atoms with Crippen molar-refractivity contribution < 1.29 is 4.74 Å². The molecule has 0 bridgehead atoms. The summed E-state index contributed by atoms with van der Waals surface area (Å²) in [5, 5.41) is 0. The third kappa shape index (κ3) is 1.83. The highest BCUT2D eigenvalue weighted by atomic mass is 16.5. The Labute approximate surface area is 128 Å². The summed E-state index contributed by atoms with van der Waals surface area (Å²) in [6.45, 7) is 11.8. The first-order chi connectivity index (χ1) is 9.80. The second kappa shape index (κ2) is 4.37. The molecule has 1 nitrogen and oxygen atoms in total. The second-order valence-corrected chi connectivity index (χ2v) is 7.32. The van der Waals surface area contributed by atoms with Crippen LogP contribution < -0.4 is 4.74 Å². The quantitative estimate of drug-likeness (QED) is 0.690. The fourth-order valence-corrected chi connectivity index (χ4v) is 3.81. The maximum Gasteiger partial charge on any atom is 0.127 e. The van der Waals surface area contributed by atoms with Gasteiger partial charge >= 0.3 is 0 Å². The lowest BCUT2D eigenvalue weighted by atomic mass is 9.88. The minimum Gasteiger partial charge on any atom is -0.457 e. The molecule has 1 fully saturated rings. The third-order valence-electron chi connectivity index (χ3n) is 6.39. The molecule has 1 aliphatic rings. The van der Waals surface area contributed by atoms with Crippen molar-refractivity contribution in [3.63, 3.8) is 0 Å². The smallest absolute Gasteiger partial charge is 0.127 e. The summed E-state index contributed by atoms with van der Waals surface area (Å²) in [5.41, 5.74) is 2.15. The lowest BCUT2D eigenvalue weighted by Crippen LogP contribution is -2.11. The summed E-state index contributed by atoms with van der Waals surface area (Å²) in [4.78, 5) is 0. The molecule has 0 aliphatic heterocycles. The van der Waals surface area contributed by atoms with E-state index >= 15 is 0 Å². The first-order valence-corrected chi connectivity index (χ1v) is 7.64. The van der Waals surface area contributed by atoms with Gasteiger partial charge < -0.3 is 4.74 Å². The van der Waals surface area contributed by atoms with Crippen LogP contribution in [0.15, 0.2) is 54.6 Å². The van der Waals surface area contributed by atoms with Crippen molar-refractivity contribution in [1.82, 2.24) is 0 Å². The maximum absolute atomic E-state index is 5.98. The van der Waals surface area contributed by atoms with E-state index in [4.69, 9.17) is 4.74 Å². The third-order valence-corrected chi connectivity index (χ3v) is 6.39. The van der Waals surface area contributed by atoms with Gasteiger partial charge in [0.25, 0.3) is 0 Å². The van der Waals surface area contributed by atoms with E-state index in [0.29, 0.717) is 10.8 Å². The first kappa shape index (κ1) is 14.2. The lowest BCUT2D eigenvalue weighted by Gasteiger charge is -2.17. The Kier molecular flexibility index (Phi) is 2.95. The van der Waals surface area contributed by atoms with Crippen LogP contribution in [0.25, 0.3) is 0 Å². The average molecular weight is 280 g/mol. The van der Waals surface area contributed by atoms with Crippen LogP contribution in [0.5, 0.6) is 11.5 Å². The van der Waals surface area contributed by atoms with Gasteiger partial charge in [-0.3, -0.25) is 0 Å². The van der Waals surface area contributed by atoms with Gasteiger partial charge in [0, 0.05) is 5.41 Å². The zero-order valence-electron chi connectivity index (χ0n) is 13.6. The second-order valence-electron chi connectivity index (χ2n) is 7.32. The molecule has 0 radical (unpaired) electrons. The topological polar surface area (TPSA) is 9.23 Å². The van der Waals surface area contributed by atoms with Gasteiger partial charge in [-0.1, -0.05) is 65.0 Å². The van der Waals surface area contributed by atoms with Crippen molar-refractivity contribution in [2.45, 2.75) is 40.0 Å². The average Bonchev–Trinajstić information content (AvgIpc) is 2.78. The van der Waals surface area contributed by atoms with E-state index in [1.54, 1.807) is 0 Å². The fourth-order valence-electron chi connectivity index (χ4n) is 3.81. The molecule has 1 heteroatoms. The summed E-state index contributed by atoms with van der Waals surface area (Å²) in [6, 6.07) is 18.5. The van der Waals surface area contributed by atoms with Crippen molar-refractivity contribution in [3.05, 3.63) is 60.2 Å². The van der Waals surface area contributed by atoms with Gasteiger partial charge in [0.1, 0.15) is 11.5 Å². The fraction of sp³-hybridized carbons (Fsp3) is 0.400. The summed E-state index contributed by atoms with van der Waals surface area (Å²) in [6.07, 6.45) is 0. The molecule has 1 aliphatic carbocycles. The van der Waals surface area contributed by atoms with Crippen LogP contribution in [0.2, 0.25) is 0 Å². The highest BCUT2D eigenvalue weighted by Crippen LogP contribution is 2.77. The van der Waals surface area contributed by atoms with Gasteiger partial charge in [-0.05, 0) is 40.7 Å². The van der Waals surface area contributed by atoms with Crippen LogP contribution in [-0.4, -0.2) is 0 Å². The van der Waals surface area contributed by atoms with Crippen molar-refractivity contribution in [2.24, 2.45) is 10.8 Å². The molecule has 0 aromatic heterocycles. The van der Waals surface area contributed by atoms with Gasteiger partial charge in [0.15, 0.2) is 0 Å².